The molecule has 0 bridgehead atoms. The summed E-state index contributed by atoms with van der Waals surface area (Å²) in [4.78, 5) is 17.1. The lowest BCUT2D eigenvalue weighted by molar-refractivity contribution is -0.198. The van der Waals surface area contributed by atoms with Crippen LogP contribution in [0.1, 0.15) is 18.4 Å². The molecule has 18 heavy (non-hydrogen) atoms. The van der Waals surface area contributed by atoms with Gasteiger partial charge in [-0.05, 0) is 53.4 Å². The minimum Gasteiger partial charge on any atom is -0.483 e. The molecular formula is C13H16BrNO3. The van der Waals surface area contributed by atoms with Gasteiger partial charge in [0.15, 0.2) is 6.61 Å². The maximum absolute atomic E-state index is 11.8. The van der Waals surface area contributed by atoms with Gasteiger partial charge in [-0.2, -0.15) is 0 Å². The molecule has 98 valence electrons. The molecule has 0 spiro atoms. The Bertz CT molecular complexity index is 430. The summed E-state index contributed by atoms with van der Waals surface area (Å²) in [6.45, 7) is 3.26. The van der Waals surface area contributed by atoms with E-state index < -0.39 is 0 Å². The van der Waals surface area contributed by atoms with Crippen LogP contribution in [0.4, 0.5) is 0 Å². The van der Waals surface area contributed by atoms with Gasteiger partial charge in [0.1, 0.15) is 5.75 Å². The van der Waals surface area contributed by atoms with E-state index in [1.165, 1.54) is 5.06 Å². The Morgan fingerprint density at radius 3 is 3.00 bits per heavy atom. The molecule has 5 heteroatoms. The van der Waals surface area contributed by atoms with Gasteiger partial charge in [0.2, 0.25) is 0 Å². The van der Waals surface area contributed by atoms with E-state index in [1.807, 2.05) is 25.1 Å². The first kappa shape index (κ1) is 13.4. The first-order chi connectivity index (χ1) is 8.66. The first-order valence-electron chi connectivity index (χ1n) is 5.99. The van der Waals surface area contributed by atoms with Crippen molar-refractivity contribution in [3.63, 3.8) is 0 Å². The van der Waals surface area contributed by atoms with Crippen LogP contribution in [0, 0.1) is 6.92 Å². The second-order valence-corrected chi connectivity index (χ2v) is 5.11. The summed E-state index contributed by atoms with van der Waals surface area (Å²) in [5, 5.41) is 1.39. The fourth-order valence-electron chi connectivity index (χ4n) is 1.73. The highest BCUT2D eigenvalue weighted by atomic mass is 79.9. The third-order valence-electron chi connectivity index (χ3n) is 2.72. The smallest absolute Gasteiger partial charge is 0.283 e. The third-order valence-corrected chi connectivity index (χ3v) is 3.34. The van der Waals surface area contributed by atoms with Gasteiger partial charge in [-0.15, -0.1) is 0 Å². The molecule has 0 atom stereocenters. The number of nitrogens with zero attached hydrogens (tertiary/aromatic N) is 1. The topological polar surface area (TPSA) is 38.8 Å². The third kappa shape index (κ3) is 3.46. The second kappa shape index (κ2) is 6.20. The number of amides is 1. The average molecular weight is 314 g/mol. The predicted molar refractivity (Wildman–Crippen MR) is 71.3 cm³/mol. The number of carbonyl (C=O) groups is 1. The molecule has 1 heterocycles. The van der Waals surface area contributed by atoms with Gasteiger partial charge >= 0.3 is 0 Å². The van der Waals surface area contributed by atoms with Crippen LogP contribution in [0.3, 0.4) is 0 Å². The monoisotopic (exact) mass is 313 g/mol. The molecule has 1 aliphatic heterocycles. The average Bonchev–Trinajstić information content (AvgIpc) is 2.38. The maximum Gasteiger partial charge on any atom is 0.283 e. The summed E-state index contributed by atoms with van der Waals surface area (Å²) in [5.41, 5.74) is 1.14. The molecule has 1 aromatic rings. The summed E-state index contributed by atoms with van der Waals surface area (Å²) < 4.78 is 6.35. The molecule has 0 unspecified atom stereocenters. The molecule has 1 amide bonds. The van der Waals surface area contributed by atoms with Crippen molar-refractivity contribution >= 4 is 21.8 Å². The SMILES string of the molecule is Cc1ccc(OCC(=O)N2CCCCO2)c(Br)c1. The molecular weight excluding hydrogens is 298 g/mol. The quantitative estimate of drug-likeness (QED) is 0.861. The van der Waals surface area contributed by atoms with Gasteiger partial charge in [-0.3, -0.25) is 9.63 Å². The number of halogens is 1. The van der Waals surface area contributed by atoms with Gasteiger partial charge in [-0.25, -0.2) is 5.06 Å². The van der Waals surface area contributed by atoms with Gasteiger partial charge in [0.25, 0.3) is 5.91 Å². The van der Waals surface area contributed by atoms with Crippen molar-refractivity contribution in [1.82, 2.24) is 5.06 Å². The summed E-state index contributed by atoms with van der Waals surface area (Å²) in [7, 11) is 0. The number of aryl methyl sites for hydroxylation is 1. The Morgan fingerprint density at radius 2 is 2.33 bits per heavy atom. The zero-order valence-corrected chi connectivity index (χ0v) is 11.9. The van der Waals surface area contributed by atoms with Crippen molar-refractivity contribution < 1.29 is 14.4 Å². The maximum atomic E-state index is 11.8. The highest BCUT2D eigenvalue weighted by molar-refractivity contribution is 9.10. The van der Waals surface area contributed by atoms with Crippen LogP contribution < -0.4 is 4.74 Å². The number of hydroxylamine groups is 2. The van der Waals surface area contributed by atoms with Gasteiger partial charge < -0.3 is 4.74 Å². The minimum absolute atomic E-state index is 0.00165. The lowest BCUT2D eigenvalue weighted by atomic mass is 10.2. The number of rotatable bonds is 3. The number of hydrogen-bond acceptors (Lipinski definition) is 3. The van der Waals surface area contributed by atoms with Crippen molar-refractivity contribution in [2.75, 3.05) is 19.8 Å². The second-order valence-electron chi connectivity index (χ2n) is 4.26. The van der Waals surface area contributed by atoms with Crippen LogP contribution in [-0.2, 0) is 9.63 Å². The Balaban J connectivity index is 1.88. The van der Waals surface area contributed by atoms with Crippen LogP contribution in [0.25, 0.3) is 0 Å². The molecule has 0 aromatic heterocycles. The van der Waals surface area contributed by atoms with E-state index in [4.69, 9.17) is 9.57 Å². The number of ether oxygens (including phenoxy) is 1. The molecule has 2 rings (SSSR count). The van der Waals surface area contributed by atoms with Crippen molar-refractivity contribution in [3.05, 3.63) is 28.2 Å². The van der Waals surface area contributed by atoms with Crippen molar-refractivity contribution in [2.45, 2.75) is 19.8 Å². The fourth-order valence-corrected chi connectivity index (χ4v) is 2.34. The summed E-state index contributed by atoms with van der Waals surface area (Å²) in [6, 6.07) is 5.75. The van der Waals surface area contributed by atoms with E-state index in [2.05, 4.69) is 15.9 Å². The van der Waals surface area contributed by atoms with Gasteiger partial charge in [0, 0.05) is 6.54 Å². The van der Waals surface area contributed by atoms with Crippen molar-refractivity contribution in [1.29, 1.82) is 0 Å². The Morgan fingerprint density at radius 1 is 1.50 bits per heavy atom. The molecule has 0 saturated carbocycles. The fraction of sp³-hybridized carbons (Fsp3) is 0.462. The minimum atomic E-state index is -0.137. The lowest BCUT2D eigenvalue weighted by Gasteiger charge is -2.25. The molecule has 1 aliphatic rings. The number of hydrogen-bond donors (Lipinski definition) is 0. The normalized spacial score (nSPS) is 15.6. The highest BCUT2D eigenvalue weighted by Gasteiger charge is 2.18. The van der Waals surface area contributed by atoms with E-state index in [-0.39, 0.29) is 12.5 Å². The largest absolute Gasteiger partial charge is 0.483 e. The zero-order chi connectivity index (χ0) is 13.0. The molecule has 0 radical (unpaired) electrons. The number of carbonyl (C=O) groups excluding carboxylic acids is 1. The molecule has 1 saturated heterocycles. The predicted octanol–water partition coefficient (Wildman–Crippen LogP) is 2.69. The van der Waals surface area contributed by atoms with Crippen molar-refractivity contribution in [3.8, 4) is 5.75 Å². The van der Waals surface area contributed by atoms with E-state index in [0.29, 0.717) is 18.9 Å². The van der Waals surface area contributed by atoms with Crippen molar-refractivity contribution in [2.24, 2.45) is 0 Å². The van der Waals surface area contributed by atoms with E-state index >= 15 is 0 Å². The standard InChI is InChI=1S/C13H16BrNO3/c1-10-4-5-12(11(14)8-10)17-9-13(16)15-6-2-3-7-18-15/h4-5,8H,2-3,6-7,9H2,1H3. The lowest BCUT2D eigenvalue weighted by Crippen LogP contribution is -2.38. The summed E-state index contributed by atoms with van der Waals surface area (Å²) in [6.07, 6.45) is 1.99. The molecule has 1 fully saturated rings. The van der Waals surface area contributed by atoms with Gasteiger partial charge in [-0.1, -0.05) is 6.07 Å². The summed E-state index contributed by atoms with van der Waals surface area (Å²) in [5.74, 6) is 0.535. The first-order valence-corrected chi connectivity index (χ1v) is 6.78. The zero-order valence-electron chi connectivity index (χ0n) is 10.3. The molecule has 0 aliphatic carbocycles. The van der Waals surface area contributed by atoms with E-state index in [9.17, 15) is 4.79 Å². The van der Waals surface area contributed by atoms with Crippen LogP contribution >= 0.6 is 15.9 Å². The van der Waals surface area contributed by atoms with Crippen LogP contribution in [0.5, 0.6) is 5.75 Å². The molecule has 4 nitrogen and oxygen atoms in total. The van der Waals surface area contributed by atoms with Crippen LogP contribution in [0.2, 0.25) is 0 Å². The summed E-state index contributed by atoms with van der Waals surface area (Å²) >= 11 is 3.41. The Labute approximate surface area is 115 Å². The Kier molecular flexibility index (Phi) is 4.60. The Hall–Kier alpha value is -1.07. The number of benzene rings is 1. The van der Waals surface area contributed by atoms with Crippen LogP contribution in [0.15, 0.2) is 22.7 Å². The molecule has 0 N–H and O–H groups in total. The highest BCUT2D eigenvalue weighted by Crippen LogP contribution is 2.25. The molecule has 1 aromatic carbocycles. The van der Waals surface area contributed by atoms with E-state index in [1.54, 1.807) is 0 Å². The van der Waals surface area contributed by atoms with E-state index in [0.717, 1.165) is 22.9 Å². The van der Waals surface area contributed by atoms with Gasteiger partial charge in [0.05, 0.1) is 11.1 Å². The van der Waals surface area contributed by atoms with Crippen LogP contribution in [-0.4, -0.2) is 30.7 Å².